The fraction of sp³-hybridized carbons (Fsp3) is 0.485. The fourth-order valence-electron chi connectivity index (χ4n) is 6.30. The van der Waals surface area contributed by atoms with Crippen LogP contribution in [0.4, 0.5) is 20.2 Å². The summed E-state index contributed by atoms with van der Waals surface area (Å²) in [5.41, 5.74) is 7.79. The molecular weight excluding hydrogens is 628 g/mol. The lowest BCUT2D eigenvalue weighted by Crippen LogP contribution is -2.55. The van der Waals surface area contributed by atoms with Crippen LogP contribution in [0.1, 0.15) is 51.2 Å². The van der Waals surface area contributed by atoms with E-state index in [1.807, 2.05) is 22.8 Å². The van der Waals surface area contributed by atoms with Crippen molar-refractivity contribution in [2.45, 2.75) is 65.0 Å². The van der Waals surface area contributed by atoms with E-state index in [1.54, 1.807) is 13.0 Å². The maximum absolute atomic E-state index is 14.3. The Morgan fingerprint density at radius 3 is 1.65 bits per heavy atom. The van der Waals surface area contributed by atoms with Gasteiger partial charge in [0.25, 0.3) is 17.8 Å². The van der Waals surface area contributed by atoms with Gasteiger partial charge in [0.05, 0.1) is 11.4 Å². The van der Waals surface area contributed by atoms with Gasteiger partial charge in [0.2, 0.25) is 0 Å². The van der Waals surface area contributed by atoms with Crippen LogP contribution in [0.3, 0.4) is 0 Å². The van der Waals surface area contributed by atoms with Gasteiger partial charge in [0.1, 0.15) is 48.4 Å². The Labute approximate surface area is 276 Å². The van der Waals surface area contributed by atoms with E-state index in [0.717, 1.165) is 37.8 Å². The van der Waals surface area contributed by atoms with Crippen molar-refractivity contribution in [1.29, 1.82) is 0 Å². The SMILES string of the molecule is CC(=O)O.C[C@@H]1C(=O)NN=C2COc3cc(F)c(CC4CCC4)cc3N21.C[C@@H]1C(=O)NN=C2COc3cc(F)c(CC4CNC4)cc3N21. The maximum atomic E-state index is 14.3. The molecule has 6 aliphatic rings. The number of carbonyl (C=O) groups excluding carboxylic acids is 2. The number of hydrogen-bond donors (Lipinski definition) is 4. The Morgan fingerprint density at radius 2 is 1.27 bits per heavy atom. The first kappa shape index (κ1) is 33.1. The van der Waals surface area contributed by atoms with E-state index in [1.165, 1.54) is 31.4 Å². The van der Waals surface area contributed by atoms with E-state index < -0.39 is 5.97 Å². The lowest BCUT2D eigenvalue weighted by atomic mass is 9.81. The number of amidine groups is 2. The zero-order chi connectivity index (χ0) is 34.1. The second kappa shape index (κ2) is 13.7. The summed E-state index contributed by atoms with van der Waals surface area (Å²) in [6.07, 6.45) is 5.01. The van der Waals surface area contributed by atoms with Gasteiger partial charge in [-0.1, -0.05) is 19.3 Å². The highest BCUT2D eigenvalue weighted by molar-refractivity contribution is 6.10. The molecule has 15 heteroatoms. The molecule has 0 bridgehead atoms. The van der Waals surface area contributed by atoms with Crippen molar-refractivity contribution in [3.8, 4) is 11.5 Å². The zero-order valence-corrected chi connectivity index (χ0v) is 27.0. The van der Waals surface area contributed by atoms with Crippen LogP contribution in [-0.2, 0) is 27.2 Å². The highest BCUT2D eigenvalue weighted by atomic mass is 19.1. The number of fused-ring (bicyclic) bond motifs is 6. The molecule has 4 N–H and O–H groups in total. The maximum Gasteiger partial charge on any atom is 0.300 e. The van der Waals surface area contributed by atoms with Crippen molar-refractivity contribution in [3.05, 3.63) is 47.0 Å². The van der Waals surface area contributed by atoms with E-state index in [2.05, 4.69) is 26.4 Å². The second-order valence-corrected chi connectivity index (χ2v) is 12.7. The van der Waals surface area contributed by atoms with Gasteiger partial charge in [0.15, 0.2) is 11.7 Å². The van der Waals surface area contributed by atoms with Crippen LogP contribution in [-0.4, -0.2) is 72.9 Å². The quantitative estimate of drug-likeness (QED) is 0.385. The van der Waals surface area contributed by atoms with Gasteiger partial charge >= 0.3 is 0 Å². The predicted molar refractivity (Wildman–Crippen MR) is 173 cm³/mol. The molecule has 0 aromatic heterocycles. The molecule has 5 aliphatic heterocycles. The predicted octanol–water partition coefficient (Wildman–Crippen LogP) is 2.91. The molecule has 1 aliphatic carbocycles. The van der Waals surface area contributed by atoms with Crippen LogP contribution in [0.2, 0.25) is 0 Å². The number of halogens is 2. The molecule has 256 valence electrons. The van der Waals surface area contributed by atoms with E-state index in [9.17, 15) is 18.4 Å². The van der Waals surface area contributed by atoms with E-state index in [4.69, 9.17) is 19.4 Å². The van der Waals surface area contributed by atoms with Crippen molar-refractivity contribution >= 4 is 40.8 Å². The first-order chi connectivity index (χ1) is 23.0. The molecule has 1 saturated carbocycles. The van der Waals surface area contributed by atoms with Gasteiger partial charge < -0.3 is 29.7 Å². The number of aliphatic carboxylic acids is 1. The number of carboxylic acids is 1. The topological polar surface area (TPSA) is 157 Å². The van der Waals surface area contributed by atoms with Gasteiger partial charge in [-0.25, -0.2) is 19.6 Å². The summed E-state index contributed by atoms with van der Waals surface area (Å²) < 4.78 is 39.7. The molecule has 5 heterocycles. The Bertz CT molecular complexity index is 1560. The summed E-state index contributed by atoms with van der Waals surface area (Å²) in [4.78, 5) is 36.4. The van der Waals surface area contributed by atoms with Gasteiger partial charge in [0, 0.05) is 19.1 Å². The van der Waals surface area contributed by atoms with Crippen molar-refractivity contribution in [2.75, 3.05) is 36.1 Å². The lowest BCUT2D eigenvalue weighted by molar-refractivity contribution is -0.134. The normalized spacial score (nSPS) is 22.3. The summed E-state index contributed by atoms with van der Waals surface area (Å²) in [6.45, 7) is 7.00. The summed E-state index contributed by atoms with van der Waals surface area (Å²) in [5.74, 6) is 1.64. The summed E-state index contributed by atoms with van der Waals surface area (Å²) >= 11 is 0. The minimum Gasteiger partial charge on any atom is -0.483 e. The Kier molecular flexibility index (Phi) is 9.49. The number of hydrogen-bond acceptors (Lipinski definition) is 10. The molecule has 48 heavy (non-hydrogen) atoms. The van der Waals surface area contributed by atoms with Crippen molar-refractivity contribution < 1.29 is 37.7 Å². The number of carboxylic acid groups (broad SMARTS) is 1. The number of hydrazone groups is 2. The van der Waals surface area contributed by atoms with Crippen LogP contribution in [0.5, 0.6) is 11.5 Å². The van der Waals surface area contributed by atoms with Crippen LogP contribution >= 0.6 is 0 Å². The number of anilines is 2. The van der Waals surface area contributed by atoms with Crippen LogP contribution in [0.25, 0.3) is 0 Å². The number of benzene rings is 2. The summed E-state index contributed by atoms with van der Waals surface area (Å²) in [5, 5.41) is 18.7. The number of ether oxygens (including phenoxy) is 2. The molecular formula is C33H39F2N7O6. The van der Waals surface area contributed by atoms with Crippen molar-refractivity contribution in [2.24, 2.45) is 22.0 Å². The van der Waals surface area contributed by atoms with Gasteiger partial charge in [-0.2, -0.15) is 10.2 Å². The molecule has 0 spiro atoms. The molecule has 1 saturated heterocycles. The third-order valence-electron chi connectivity index (χ3n) is 9.28. The average molecular weight is 668 g/mol. The number of amides is 2. The molecule has 2 aromatic rings. The van der Waals surface area contributed by atoms with Crippen molar-refractivity contribution in [3.63, 3.8) is 0 Å². The third-order valence-corrected chi connectivity index (χ3v) is 9.28. The Morgan fingerprint density at radius 1 is 0.833 bits per heavy atom. The molecule has 0 radical (unpaired) electrons. The molecule has 13 nitrogen and oxygen atoms in total. The standard InChI is InChI=1S/C16H18FN3O2.C15H17FN4O2.C2H4O2/c1-9-16(21)19-18-15-8-22-14-7-12(17)11(5-10-3-2-4-10)6-13(14)20(9)15;1-8-15(21)19-18-14-7-22-13-4-11(16)10(2-9-5-17-6-9)3-12(13)20(8)14;1-2(3)4/h6-7,9-10H,2-5,8H2,1H3,(H,19,21);3-4,8-9,17H,2,5-7H2,1H3,(H,19,21);1H3,(H,3,4)/t9-;8-;/m11./s1. The molecule has 0 unspecified atom stereocenters. The third kappa shape index (κ3) is 6.77. The number of rotatable bonds is 4. The average Bonchev–Trinajstić information content (AvgIpc) is 3.00. The highest BCUT2D eigenvalue weighted by Gasteiger charge is 2.37. The molecule has 2 atom stereocenters. The monoisotopic (exact) mass is 667 g/mol. The van der Waals surface area contributed by atoms with Gasteiger partial charge in [-0.3, -0.25) is 14.4 Å². The lowest BCUT2D eigenvalue weighted by Gasteiger charge is -2.38. The van der Waals surface area contributed by atoms with Crippen molar-refractivity contribution in [1.82, 2.24) is 16.2 Å². The smallest absolute Gasteiger partial charge is 0.300 e. The Balaban J connectivity index is 0.000000151. The zero-order valence-electron chi connectivity index (χ0n) is 27.0. The van der Waals surface area contributed by atoms with Gasteiger partial charge in [-0.15, -0.1) is 0 Å². The van der Waals surface area contributed by atoms with Crippen LogP contribution in [0.15, 0.2) is 34.5 Å². The van der Waals surface area contributed by atoms with E-state index >= 15 is 0 Å². The molecule has 2 amide bonds. The highest BCUT2D eigenvalue weighted by Crippen LogP contribution is 2.40. The fourth-order valence-corrected chi connectivity index (χ4v) is 6.30. The first-order valence-corrected chi connectivity index (χ1v) is 16.1. The Hall–Kier alpha value is -4.79. The minimum absolute atomic E-state index is 0.165. The molecule has 2 fully saturated rings. The number of nitrogens with one attached hydrogen (secondary N) is 3. The summed E-state index contributed by atoms with van der Waals surface area (Å²) in [7, 11) is 0. The van der Waals surface area contributed by atoms with Crippen LogP contribution in [0, 0.1) is 23.5 Å². The number of nitrogens with zero attached hydrogens (tertiary/aromatic N) is 4. The van der Waals surface area contributed by atoms with Crippen LogP contribution < -0.4 is 35.4 Å². The minimum atomic E-state index is -0.833. The molecule has 8 rings (SSSR count). The van der Waals surface area contributed by atoms with E-state index in [0.29, 0.717) is 52.6 Å². The largest absolute Gasteiger partial charge is 0.483 e. The summed E-state index contributed by atoms with van der Waals surface area (Å²) in [6, 6.07) is 5.72. The number of carbonyl (C=O) groups is 3. The van der Waals surface area contributed by atoms with Gasteiger partial charge in [-0.05, 0) is 74.9 Å². The van der Waals surface area contributed by atoms with E-state index in [-0.39, 0.29) is 48.7 Å². The second-order valence-electron chi connectivity index (χ2n) is 12.7. The molecule has 2 aromatic carbocycles. The first-order valence-electron chi connectivity index (χ1n) is 16.1.